The van der Waals surface area contributed by atoms with Gasteiger partial charge < -0.3 is 9.52 Å². The molecular formula is C27H34N2O3. The van der Waals surface area contributed by atoms with Gasteiger partial charge in [-0.1, -0.05) is 52.0 Å². The minimum Gasteiger partial charge on any atom is -0.507 e. The maximum Gasteiger partial charge on any atom is 0.192 e. The Labute approximate surface area is 190 Å². The molecule has 1 aromatic heterocycles. The van der Waals surface area contributed by atoms with E-state index in [1.54, 1.807) is 6.07 Å². The first-order chi connectivity index (χ1) is 15.3. The number of piperazine rings is 1. The summed E-state index contributed by atoms with van der Waals surface area (Å²) in [5, 5.41) is 11.3. The van der Waals surface area contributed by atoms with Crippen LogP contribution in [0.4, 0.5) is 0 Å². The lowest BCUT2D eigenvalue weighted by molar-refractivity contribution is 0.116. The molecule has 5 nitrogen and oxygen atoms in total. The second-order valence-electron chi connectivity index (χ2n) is 9.56. The van der Waals surface area contributed by atoms with Crippen molar-refractivity contribution in [2.75, 3.05) is 26.2 Å². The molecule has 0 unspecified atom stereocenters. The molecule has 0 aliphatic carbocycles. The Morgan fingerprint density at radius 3 is 2.03 bits per heavy atom. The SMILES string of the molecule is CC(C)c1cc(CN2CCN(Cc3cc(=O)c4ccccc4o3)CC2)cc(C(C)C)c1O. The highest BCUT2D eigenvalue weighted by molar-refractivity contribution is 5.76. The van der Waals surface area contributed by atoms with Crippen LogP contribution in [0.5, 0.6) is 5.75 Å². The summed E-state index contributed by atoms with van der Waals surface area (Å²) in [4.78, 5) is 17.2. The van der Waals surface area contributed by atoms with Gasteiger partial charge in [-0.25, -0.2) is 0 Å². The molecule has 2 heterocycles. The lowest BCUT2D eigenvalue weighted by Gasteiger charge is -2.34. The number of benzene rings is 2. The lowest BCUT2D eigenvalue weighted by Crippen LogP contribution is -2.45. The van der Waals surface area contributed by atoms with Crippen molar-refractivity contribution in [3.63, 3.8) is 0 Å². The van der Waals surface area contributed by atoms with Crippen molar-refractivity contribution in [2.45, 2.75) is 52.6 Å². The quantitative estimate of drug-likeness (QED) is 0.587. The summed E-state index contributed by atoms with van der Waals surface area (Å²) in [6.45, 7) is 13.9. The van der Waals surface area contributed by atoms with Crippen molar-refractivity contribution in [1.29, 1.82) is 0 Å². The number of phenols is 1. The first-order valence-electron chi connectivity index (χ1n) is 11.6. The maximum atomic E-state index is 12.4. The Bertz CT molecular complexity index is 1110. The monoisotopic (exact) mass is 434 g/mol. The molecule has 1 aliphatic rings. The fraction of sp³-hybridized carbons (Fsp3) is 0.444. The number of nitrogens with zero attached hydrogens (tertiary/aromatic N) is 2. The predicted octanol–water partition coefficient (Wildman–Crippen LogP) is 5.06. The third kappa shape index (κ3) is 4.89. The van der Waals surface area contributed by atoms with Crippen molar-refractivity contribution in [3.8, 4) is 5.75 Å². The van der Waals surface area contributed by atoms with Gasteiger partial charge in [-0.05, 0) is 40.7 Å². The number of para-hydroxylation sites is 1. The van der Waals surface area contributed by atoms with Crippen molar-refractivity contribution in [3.05, 3.63) is 75.1 Å². The molecule has 0 spiro atoms. The molecular weight excluding hydrogens is 400 g/mol. The lowest BCUT2D eigenvalue weighted by atomic mass is 9.91. The molecule has 4 rings (SSSR count). The second-order valence-corrected chi connectivity index (χ2v) is 9.56. The van der Waals surface area contributed by atoms with Crippen LogP contribution in [0.3, 0.4) is 0 Å². The number of fused-ring (bicyclic) bond motifs is 1. The highest BCUT2D eigenvalue weighted by Gasteiger charge is 2.20. The van der Waals surface area contributed by atoms with Crippen LogP contribution in [-0.2, 0) is 13.1 Å². The van der Waals surface area contributed by atoms with E-state index in [-0.39, 0.29) is 5.43 Å². The molecule has 0 atom stereocenters. The van der Waals surface area contributed by atoms with E-state index >= 15 is 0 Å². The van der Waals surface area contributed by atoms with Crippen molar-refractivity contribution < 1.29 is 9.52 Å². The summed E-state index contributed by atoms with van der Waals surface area (Å²) in [5.74, 6) is 1.77. The summed E-state index contributed by atoms with van der Waals surface area (Å²) >= 11 is 0. The van der Waals surface area contributed by atoms with E-state index in [0.717, 1.165) is 49.6 Å². The van der Waals surface area contributed by atoms with Crippen LogP contribution in [0.2, 0.25) is 0 Å². The predicted molar refractivity (Wildman–Crippen MR) is 129 cm³/mol. The minimum atomic E-state index is 0.0229. The van der Waals surface area contributed by atoms with Gasteiger partial charge in [0.1, 0.15) is 17.1 Å². The Hall–Kier alpha value is -2.63. The van der Waals surface area contributed by atoms with Crippen molar-refractivity contribution >= 4 is 11.0 Å². The average molecular weight is 435 g/mol. The van der Waals surface area contributed by atoms with Gasteiger partial charge >= 0.3 is 0 Å². The van der Waals surface area contributed by atoms with Crippen LogP contribution < -0.4 is 5.43 Å². The van der Waals surface area contributed by atoms with Crippen LogP contribution in [0.15, 0.2) is 51.7 Å². The highest BCUT2D eigenvalue weighted by Crippen LogP contribution is 2.35. The zero-order chi connectivity index (χ0) is 22.8. The van der Waals surface area contributed by atoms with E-state index in [9.17, 15) is 9.90 Å². The average Bonchev–Trinajstić information content (AvgIpc) is 2.76. The number of hydrogen-bond donors (Lipinski definition) is 1. The van der Waals surface area contributed by atoms with Crippen molar-refractivity contribution in [2.24, 2.45) is 0 Å². The Morgan fingerprint density at radius 2 is 1.44 bits per heavy atom. The normalized spacial score (nSPS) is 15.8. The van der Waals surface area contributed by atoms with E-state index in [4.69, 9.17) is 4.42 Å². The zero-order valence-corrected chi connectivity index (χ0v) is 19.6. The smallest absolute Gasteiger partial charge is 0.192 e. The second kappa shape index (κ2) is 9.47. The largest absolute Gasteiger partial charge is 0.507 e. The molecule has 0 radical (unpaired) electrons. The number of hydrogen-bond acceptors (Lipinski definition) is 5. The summed E-state index contributed by atoms with van der Waals surface area (Å²) < 4.78 is 5.97. The van der Waals surface area contributed by atoms with Crippen LogP contribution in [0.1, 0.15) is 62.0 Å². The maximum absolute atomic E-state index is 12.4. The van der Waals surface area contributed by atoms with Crippen LogP contribution in [-0.4, -0.2) is 41.1 Å². The summed E-state index contributed by atoms with van der Waals surface area (Å²) in [6.07, 6.45) is 0. The van der Waals surface area contributed by atoms with Crippen LogP contribution >= 0.6 is 0 Å². The first-order valence-corrected chi connectivity index (χ1v) is 11.6. The van der Waals surface area contributed by atoms with Gasteiger partial charge in [-0.3, -0.25) is 14.6 Å². The fourth-order valence-corrected chi connectivity index (χ4v) is 4.53. The fourth-order valence-electron chi connectivity index (χ4n) is 4.53. The molecule has 0 amide bonds. The van der Waals surface area contributed by atoms with Gasteiger partial charge in [0.2, 0.25) is 0 Å². The molecule has 32 heavy (non-hydrogen) atoms. The third-order valence-electron chi connectivity index (χ3n) is 6.41. The van der Waals surface area contributed by atoms with E-state index < -0.39 is 0 Å². The van der Waals surface area contributed by atoms with Gasteiger partial charge in [0.25, 0.3) is 0 Å². The molecule has 1 fully saturated rings. The molecule has 0 bridgehead atoms. The summed E-state index contributed by atoms with van der Waals surface area (Å²) in [7, 11) is 0. The van der Waals surface area contributed by atoms with Gasteiger partial charge in [-0.15, -0.1) is 0 Å². The topological polar surface area (TPSA) is 56.9 Å². The molecule has 3 aromatic rings. The van der Waals surface area contributed by atoms with E-state index in [1.165, 1.54) is 5.56 Å². The van der Waals surface area contributed by atoms with Crippen LogP contribution in [0, 0.1) is 0 Å². The molecule has 1 saturated heterocycles. The zero-order valence-electron chi connectivity index (χ0n) is 19.6. The van der Waals surface area contributed by atoms with E-state index in [1.807, 2.05) is 24.3 Å². The van der Waals surface area contributed by atoms with Gasteiger partial charge in [0, 0.05) is 38.8 Å². The summed E-state index contributed by atoms with van der Waals surface area (Å²) in [5.41, 5.74) is 4.02. The molecule has 170 valence electrons. The first kappa shape index (κ1) is 22.6. The van der Waals surface area contributed by atoms with E-state index in [0.29, 0.717) is 35.1 Å². The molecule has 0 saturated carbocycles. The Morgan fingerprint density at radius 1 is 0.875 bits per heavy atom. The Kier molecular flexibility index (Phi) is 6.68. The van der Waals surface area contributed by atoms with Gasteiger partial charge in [0.05, 0.1) is 11.9 Å². The molecule has 1 N–H and O–H groups in total. The van der Waals surface area contributed by atoms with Crippen molar-refractivity contribution in [1.82, 2.24) is 9.80 Å². The number of rotatable bonds is 6. The van der Waals surface area contributed by atoms with E-state index in [2.05, 4.69) is 49.6 Å². The summed E-state index contributed by atoms with van der Waals surface area (Å²) in [6, 6.07) is 13.4. The third-order valence-corrected chi connectivity index (χ3v) is 6.41. The van der Waals surface area contributed by atoms with Gasteiger partial charge in [-0.2, -0.15) is 0 Å². The Balaban J connectivity index is 1.41. The standard InChI is InChI=1S/C27H34N2O3/c1-18(2)23-13-20(14-24(19(3)4)27(23)31)16-28-9-11-29(12-10-28)17-21-15-25(30)22-7-5-6-8-26(22)32-21/h5-8,13-15,18-19,31H,9-12,16-17H2,1-4H3. The highest BCUT2D eigenvalue weighted by atomic mass is 16.3. The van der Waals surface area contributed by atoms with Gasteiger partial charge in [0.15, 0.2) is 5.43 Å². The molecule has 2 aromatic carbocycles. The van der Waals surface area contributed by atoms with Crippen LogP contribution in [0.25, 0.3) is 11.0 Å². The number of phenolic OH excluding ortho intramolecular Hbond substituents is 1. The molecule has 1 aliphatic heterocycles. The minimum absolute atomic E-state index is 0.0229. The number of aromatic hydroxyl groups is 1. The molecule has 5 heteroatoms.